The highest BCUT2D eigenvalue weighted by Crippen LogP contribution is 2.10. The Morgan fingerprint density at radius 1 is 0.700 bits per heavy atom. The van der Waals surface area contributed by atoms with Gasteiger partial charge in [0.05, 0.1) is 0 Å². The van der Waals surface area contributed by atoms with Crippen LogP contribution in [0.4, 0.5) is 0 Å². The van der Waals surface area contributed by atoms with Crippen molar-refractivity contribution in [2.45, 2.75) is 78.1 Å². The molecule has 1 aromatic carbocycles. The summed E-state index contributed by atoms with van der Waals surface area (Å²) in [5.41, 5.74) is 1.32. The van der Waals surface area contributed by atoms with E-state index in [-0.39, 0.29) is 0 Å². The zero-order chi connectivity index (χ0) is 14.9. The number of rotatable bonds is 10. The number of alkyl halides is 1. The molecule has 0 spiro atoms. The fourth-order valence-corrected chi connectivity index (χ4v) is 2.31. The minimum atomic E-state index is 0.844. The third kappa shape index (κ3) is 15.6. The van der Waals surface area contributed by atoms with E-state index < -0.39 is 0 Å². The largest absolute Gasteiger partial charge is 0.127 e. The smallest absolute Gasteiger partial charge is 0.0223 e. The average molecular weight is 297 g/mol. The zero-order valence-electron chi connectivity index (χ0n) is 13.5. The van der Waals surface area contributed by atoms with Crippen molar-refractivity contribution in [1.82, 2.24) is 0 Å². The van der Waals surface area contributed by atoms with Crippen molar-refractivity contribution < 1.29 is 0 Å². The van der Waals surface area contributed by atoms with Crippen LogP contribution in [0.15, 0.2) is 30.3 Å². The van der Waals surface area contributed by atoms with E-state index in [0.717, 1.165) is 5.88 Å². The lowest BCUT2D eigenvalue weighted by Gasteiger charge is -2.00. The average Bonchev–Trinajstić information content (AvgIpc) is 2.47. The molecule has 0 amide bonds. The number of hydrogen-bond donors (Lipinski definition) is 0. The van der Waals surface area contributed by atoms with Gasteiger partial charge in [-0.25, -0.2) is 0 Å². The zero-order valence-corrected chi connectivity index (χ0v) is 14.3. The second kappa shape index (κ2) is 16.6. The Balaban J connectivity index is 0.000000428. The Morgan fingerprint density at radius 3 is 1.50 bits per heavy atom. The normalized spacial score (nSPS) is 9.95. The lowest BCUT2D eigenvalue weighted by atomic mass is 10.1. The van der Waals surface area contributed by atoms with Gasteiger partial charge in [0.2, 0.25) is 0 Å². The summed E-state index contributed by atoms with van der Waals surface area (Å²) in [6.45, 7) is 4.35. The third-order valence-corrected chi connectivity index (χ3v) is 3.69. The molecule has 1 rings (SSSR count). The molecule has 1 heteroatoms. The summed E-state index contributed by atoms with van der Waals surface area (Å²) in [7, 11) is 0. The van der Waals surface area contributed by atoms with Crippen molar-refractivity contribution in [2.75, 3.05) is 5.88 Å². The fraction of sp³-hybridized carbons (Fsp3) is 0.684. The van der Waals surface area contributed by atoms with Gasteiger partial charge in [-0.05, 0) is 13.3 Å². The Morgan fingerprint density at radius 2 is 1.15 bits per heavy atom. The molecule has 0 heterocycles. The molecule has 0 aromatic heterocycles. The Labute approximate surface area is 131 Å². The summed E-state index contributed by atoms with van der Waals surface area (Å²) < 4.78 is 0. The minimum Gasteiger partial charge on any atom is -0.127 e. The van der Waals surface area contributed by atoms with E-state index in [1.165, 1.54) is 69.8 Å². The molecule has 0 atom stereocenters. The van der Waals surface area contributed by atoms with E-state index >= 15 is 0 Å². The molecule has 0 aliphatic carbocycles. The van der Waals surface area contributed by atoms with Gasteiger partial charge in [0.15, 0.2) is 0 Å². The first kappa shape index (κ1) is 19.5. The SMILES string of the molecule is CCCCCCCCCCCCCl.Cc1ccccc1. The summed E-state index contributed by atoms with van der Waals surface area (Å²) in [6.07, 6.45) is 13.9. The molecule has 0 aliphatic rings. The maximum absolute atomic E-state index is 5.60. The minimum absolute atomic E-state index is 0.844. The Bertz CT molecular complexity index is 258. The molecule has 0 fully saturated rings. The van der Waals surface area contributed by atoms with Crippen LogP contribution in [0.2, 0.25) is 0 Å². The number of aryl methyl sites for hydroxylation is 1. The van der Waals surface area contributed by atoms with Crippen LogP contribution in [0, 0.1) is 6.92 Å². The van der Waals surface area contributed by atoms with Gasteiger partial charge in [0.25, 0.3) is 0 Å². The summed E-state index contributed by atoms with van der Waals surface area (Å²) in [4.78, 5) is 0. The molecule has 0 nitrogen and oxygen atoms in total. The molecule has 0 N–H and O–H groups in total. The highest BCUT2D eigenvalue weighted by Gasteiger charge is 1.91. The van der Waals surface area contributed by atoms with E-state index in [2.05, 4.69) is 26.0 Å². The molecule has 0 bridgehead atoms. The van der Waals surface area contributed by atoms with Crippen LogP contribution in [-0.2, 0) is 0 Å². The molecule has 0 unspecified atom stereocenters. The second-order valence-corrected chi connectivity index (χ2v) is 5.90. The van der Waals surface area contributed by atoms with E-state index in [1.54, 1.807) is 0 Å². The number of benzene rings is 1. The molecular weight excluding hydrogens is 264 g/mol. The number of halogens is 1. The first-order chi connectivity index (χ1) is 9.81. The van der Waals surface area contributed by atoms with Crippen LogP contribution in [0.1, 0.15) is 76.7 Å². The van der Waals surface area contributed by atoms with Gasteiger partial charge in [-0.2, -0.15) is 0 Å². The van der Waals surface area contributed by atoms with Crippen molar-refractivity contribution in [3.63, 3.8) is 0 Å². The molecule has 116 valence electrons. The van der Waals surface area contributed by atoms with Crippen molar-refractivity contribution in [3.8, 4) is 0 Å². The first-order valence-corrected chi connectivity index (χ1v) is 8.92. The Hall–Kier alpha value is -0.490. The molecular formula is C19H33Cl. The van der Waals surface area contributed by atoms with Crippen molar-refractivity contribution in [2.24, 2.45) is 0 Å². The van der Waals surface area contributed by atoms with Crippen molar-refractivity contribution >= 4 is 11.6 Å². The van der Waals surface area contributed by atoms with Gasteiger partial charge >= 0.3 is 0 Å². The lowest BCUT2D eigenvalue weighted by molar-refractivity contribution is 0.563. The summed E-state index contributed by atoms with van der Waals surface area (Å²) in [6, 6.07) is 10.3. The van der Waals surface area contributed by atoms with Gasteiger partial charge < -0.3 is 0 Å². The van der Waals surface area contributed by atoms with Crippen LogP contribution in [-0.4, -0.2) is 5.88 Å². The summed E-state index contributed by atoms with van der Waals surface area (Å²) >= 11 is 5.60. The summed E-state index contributed by atoms with van der Waals surface area (Å²) in [5.74, 6) is 0.844. The standard InChI is InChI=1S/C12H25Cl.C7H8/c1-2-3-4-5-6-7-8-9-10-11-12-13;1-7-5-3-2-4-6-7/h2-12H2,1H3;2-6H,1H3. The molecule has 0 aliphatic heterocycles. The molecule has 0 saturated heterocycles. The highest BCUT2D eigenvalue weighted by atomic mass is 35.5. The molecule has 1 aromatic rings. The number of unbranched alkanes of at least 4 members (excludes halogenated alkanes) is 9. The number of hydrogen-bond acceptors (Lipinski definition) is 0. The van der Waals surface area contributed by atoms with Gasteiger partial charge in [-0.15, -0.1) is 11.6 Å². The third-order valence-electron chi connectivity index (χ3n) is 3.43. The monoisotopic (exact) mass is 296 g/mol. The fourth-order valence-electron chi connectivity index (χ4n) is 2.12. The van der Waals surface area contributed by atoms with Crippen LogP contribution in [0.25, 0.3) is 0 Å². The second-order valence-electron chi connectivity index (χ2n) is 5.53. The molecule has 0 radical (unpaired) electrons. The first-order valence-electron chi connectivity index (χ1n) is 8.39. The maximum Gasteiger partial charge on any atom is 0.0223 e. The van der Waals surface area contributed by atoms with Crippen LogP contribution < -0.4 is 0 Å². The van der Waals surface area contributed by atoms with Gasteiger partial charge in [0, 0.05) is 5.88 Å². The van der Waals surface area contributed by atoms with Gasteiger partial charge in [-0.3, -0.25) is 0 Å². The Kier molecular flexibility index (Phi) is 16.2. The molecule has 0 saturated carbocycles. The quantitative estimate of drug-likeness (QED) is 0.318. The topological polar surface area (TPSA) is 0 Å². The predicted octanol–water partition coefficient (Wildman–Crippen LogP) is 7.14. The molecule has 20 heavy (non-hydrogen) atoms. The van der Waals surface area contributed by atoms with Gasteiger partial charge in [0.1, 0.15) is 0 Å². The maximum atomic E-state index is 5.60. The predicted molar refractivity (Wildman–Crippen MR) is 93.7 cm³/mol. The van der Waals surface area contributed by atoms with Gasteiger partial charge in [-0.1, -0.05) is 101 Å². The van der Waals surface area contributed by atoms with Crippen LogP contribution in [0.5, 0.6) is 0 Å². The van der Waals surface area contributed by atoms with Crippen LogP contribution in [0.3, 0.4) is 0 Å². The van der Waals surface area contributed by atoms with E-state index in [1.807, 2.05) is 18.2 Å². The lowest BCUT2D eigenvalue weighted by Crippen LogP contribution is -1.81. The van der Waals surface area contributed by atoms with E-state index in [4.69, 9.17) is 11.6 Å². The highest BCUT2D eigenvalue weighted by molar-refractivity contribution is 6.17. The van der Waals surface area contributed by atoms with E-state index in [0.29, 0.717) is 0 Å². The van der Waals surface area contributed by atoms with Crippen molar-refractivity contribution in [1.29, 1.82) is 0 Å². The van der Waals surface area contributed by atoms with Crippen LogP contribution >= 0.6 is 11.6 Å². The summed E-state index contributed by atoms with van der Waals surface area (Å²) in [5, 5.41) is 0. The van der Waals surface area contributed by atoms with E-state index in [9.17, 15) is 0 Å². The van der Waals surface area contributed by atoms with Crippen molar-refractivity contribution in [3.05, 3.63) is 35.9 Å².